The first-order valence-electron chi connectivity index (χ1n) is 38.6. The Morgan fingerprint density at radius 1 is 0.357 bits per heavy atom. The highest BCUT2D eigenvalue weighted by molar-refractivity contribution is 8.20. The fourth-order valence-electron chi connectivity index (χ4n) is 13.4. The lowest BCUT2D eigenvalue weighted by atomic mass is 10.0. The van der Waals surface area contributed by atoms with Crippen LogP contribution in [0.15, 0.2) is 209 Å². The number of halogens is 1. The number of methoxy groups -OCH3 is 3. The minimum absolute atomic E-state index is 0.0615. The van der Waals surface area contributed by atoms with Gasteiger partial charge in [-0.05, 0) is 332 Å². The zero-order chi connectivity index (χ0) is 80.8. The number of hydrogen-bond donors (Lipinski definition) is 0. The minimum Gasteiger partial charge on any atom is -0.497 e. The van der Waals surface area contributed by atoms with E-state index < -0.39 is 0 Å². The van der Waals surface area contributed by atoms with Gasteiger partial charge in [0.15, 0.2) is 20.7 Å². The monoisotopic (exact) mass is 1640 g/mol. The van der Waals surface area contributed by atoms with Crippen LogP contribution in [0.25, 0.3) is 24.3 Å². The molecule has 0 aliphatic carbocycles. The van der Waals surface area contributed by atoms with E-state index in [1.165, 1.54) is 69.3 Å². The summed E-state index contributed by atoms with van der Waals surface area (Å²) in [5.41, 5.74) is 11.7. The molecule has 8 aliphatic rings. The number of benzene rings is 8. The maximum Gasteiger partial charge on any atom is 0.271 e. The number of fused-ring (bicyclic) bond motifs is 4. The number of carbonyl (C=O) groups excluding carboxylic acids is 4. The molecule has 0 aromatic heterocycles. The van der Waals surface area contributed by atoms with Crippen molar-refractivity contribution in [3.05, 3.63) is 239 Å². The molecular weight excluding hydrogens is 1540 g/mol. The molecule has 115 heavy (non-hydrogen) atoms. The van der Waals surface area contributed by atoms with Crippen LogP contribution < -0.4 is 52.8 Å². The Morgan fingerprint density at radius 2 is 0.696 bits per heavy atom. The molecule has 19 nitrogen and oxygen atoms in total. The maximum atomic E-state index is 13.3. The average molecular weight is 1640 g/mol. The van der Waals surface area contributed by atoms with E-state index in [4.69, 9.17) is 49.8 Å². The number of amidine groups is 4. The Morgan fingerprint density at radius 3 is 1.06 bits per heavy atom. The van der Waals surface area contributed by atoms with E-state index >= 15 is 0 Å². The van der Waals surface area contributed by atoms with E-state index in [0.29, 0.717) is 68.2 Å². The summed E-state index contributed by atoms with van der Waals surface area (Å²) in [6.07, 6.45) is 15.8. The molecule has 8 heterocycles. The number of aryl methyl sites for hydroxylation is 4. The Bertz CT molecular complexity index is 5250. The Hall–Kier alpha value is -10.4. The topological polar surface area (TPSA) is 195 Å². The number of nitrogens with zero attached hydrogens (tertiary/aromatic N) is 8. The smallest absolute Gasteiger partial charge is 0.271 e. The highest BCUT2D eigenvalue weighted by Crippen LogP contribution is 2.45. The number of para-hydroxylation sites is 3. The van der Waals surface area contributed by atoms with Crippen molar-refractivity contribution in [3.8, 4) is 40.2 Å². The van der Waals surface area contributed by atoms with Gasteiger partial charge in [-0.3, -0.25) is 58.7 Å². The number of ether oxygens (including phenoxy) is 7. The number of aliphatic imine (C=N–C) groups is 4. The molecule has 0 spiro atoms. The first kappa shape index (κ1) is 82.5. The van der Waals surface area contributed by atoms with Crippen LogP contribution in [-0.4, -0.2) is 116 Å². The van der Waals surface area contributed by atoms with Crippen molar-refractivity contribution in [2.24, 2.45) is 20.0 Å². The highest BCUT2D eigenvalue weighted by Gasteiger charge is 2.40. The van der Waals surface area contributed by atoms with Crippen LogP contribution in [-0.2, 0) is 44.9 Å². The number of amides is 4. The number of rotatable bonds is 15. The molecule has 16 rings (SSSR count). The minimum atomic E-state index is -0.105. The molecule has 0 saturated carbocycles. The van der Waals surface area contributed by atoms with E-state index in [-0.39, 0.29) is 47.8 Å². The van der Waals surface area contributed by atoms with Gasteiger partial charge in [-0.2, -0.15) is 0 Å². The predicted octanol–water partition coefficient (Wildman–Crippen LogP) is 20.3. The molecule has 8 aliphatic heterocycles. The molecule has 0 unspecified atom stereocenters. The van der Waals surface area contributed by atoms with E-state index in [2.05, 4.69) is 39.2 Å². The fraction of sp³-hybridized carbons (Fsp3) is 0.297. The van der Waals surface area contributed by atoms with Gasteiger partial charge in [-0.15, -0.1) is 0 Å². The molecule has 8 aromatic rings. The fourth-order valence-corrected chi connectivity index (χ4v) is 18.1. The van der Waals surface area contributed by atoms with E-state index in [9.17, 15) is 19.2 Å². The second-order valence-electron chi connectivity index (χ2n) is 28.8. The normalized spacial score (nSPS) is 19.1. The van der Waals surface area contributed by atoms with Crippen molar-refractivity contribution in [1.82, 2.24) is 0 Å². The average Bonchev–Trinajstić information content (AvgIpc) is 2.16. The van der Waals surface area contributed by atoms with Crippen molar-refractivity contribution in [3.63, 3.8) is 0 Å². The molecule has 4 saturated heterocycles. The lowest BCUT2D eigenvalue weighted by Crippen LogP contribution is -2.29. The predicted molar refractivity (Wildman–Crippen MR) is 474 cm³/mol. The first-order valence-corrected chi connectivity index (χ1v) is 42.3. The third-order valence-electron chi connectivity index (χ3n) is 18.7. The van der Waals surface area contributed by atoms with Crippen LogP contribution in [0.4, 0.5) is 22.7 Å². The van der Waals surface area contributed by atoms with E-state index in [0.717, 1.165) is 140 Å². The van der Waals surface area contributed by atoms with Crippen LogP contribution in [0.1, 0.15) is 126 Å². The first-order chi connectivity index (χ1) is 55.7. The summed E-state index contributed by atoms with van der Waals surface area (Å²) in [6.45, 7) is 19.1. The molecule has 0 atom stereocenters. The SMILES string of the molecule is CC(C)N=C1S/C(=C\c2ccc3c(c2)CCCO3)C(=O)N1c1ccccc1Cl.COc1ccc(N2C(=O)/C(=C/c3ccc4c(c3)CCCO4)SC2=NC(C)C)cc1.COc1cccc(N2C(=O)/C(=C/c3ccc4c(c3)CCCO4)SC2=NC(C)C)c1.COc1ccccc1N1C(=O)/C(=C/c2ccc3c(c2)CCCO3)SC1=NC(C)C. The van der Waals surface area contributed by atoms with Crippen molar-refractivity contribution in [2.45, 2.75) is 131 Å². The Kier molecular flexibility index (Phi) is 27.5. The number of carbonyl (C=O) groups is 4. The standard InChI is InChI=1S/3C23H24N2O3S.C22H21ClN2O2S/c1-15(2)24-23-25(18-7-4-8-19(14-18)27-3)22(26)21(29-23)13-16-9-10-20-17(12-16)6-5-11-28-20;1-15(2)24-23-25(18-7-9-19(27-3)10-8-18)22(26)21(29-23)14-16-6-11-20-17(13-16)5-4-12-28-20;1-15(2)24-23-25(18-8-4-5-9-20(18)27-3)22(26)21(29-23)14-16-10-11-19-17(13-16)7-6-12-28-19;1-14(2)24-22-25(18-8-4-3-7-17(18)23)21(26)20(28-22)13-15-9-10-19-16(12-15)6-5-11-27-19/h4,7-10,12-15H,5-6,11H2,1-3H3;6-11,13-15H,4-5,12H2,1-3H3;4-5,8-11,13-15H,6-7,12H2,1-3H3;3-4,7-10,12-14H,5-6,11H2,1-2H3/b21-13-,24-23?;2*21-14-,24-23?;20-13-,24-22?. The third kappa shape index (κ3) is 20.3. The summed E-state index contributed by atoms with van der Waals surface area (Å²) >= 11 is 12.0. The highest BCUT2D eigenvalue weighted by atomic mass is 35.5. The second kappa shape index (κ2) is 38.3. The lowest BCUT2D eigenvalue weighted by molar-refractivity contribution is -0.114. The second-order valence-corrected chi connectivity index (χ2v) is 33.3. The van der Waals surface area contributed by atoms with Gasteiger partial charge < -0.3 is 33.2 Å². The zero-order valence-corrected chi connectivity index (χ0v) is 70.4. The maximum absolute atomic E-state index is 13.3. The van der Waals surface area contributed by atoms with Gasteiger partial charge in [0.1, 0.15) is 40.2 Å². The molecule has 594 valence electrons. The quantitative estimate of drug-likeness (QED) is 0.0879. The van der Waals surface area contributed by atoms with E-state index in [1.807, 2.05) is 219 Å². The summed E-state index contributed by atoms with van der Waals surface area (Å²) in [5.74, 6) is 5.56. The number of anilines is 4. The summed E-state index contributed by atoms with van der Waals surface area (Å²) in [7, 11) is 4.85. The van der Waals surface area contributed by atoms with Gasteiger partial charge in [-0.25, -0.2) is 0 Å². The van der Waals surface area contributed by atoms with Crippen LogP contribution in [0.5, 0.6) is 40.2 Å². The number of hydrogen-bond acceptors (Lipinski definition) is 19. The molecule has 8 aromatic carbocycles. The molecule has 24 heteroatoms. The van der Waals surface area contributed by atoms with Crippen LogP contribution >= 0.6 is 58.6 Å². The molecule has 0 bridgehead atoms. The summed E-state index contributed by atoms with van der Waals surface area (Å²) in [4.78, 5) is 81.0. The Labute approximate surface area is 695 Å². The van der Waals surface area contributed by atoms with Gasteiger partial charge in [0, 0.05) is 30.2 Å². The largest absolute Gasteiger partial charge is 0.497 e. The third-order valence-corrected chi connectivity index (χ3v) is 22.9. The summed E-state index contributed by atoms with van der Waals surface area (Å²) < 4.78 is 38.8. The molecule has 4 fully saturated rings. The van der Waals surface area contributed by atoms with Crippen LogP contribution in [0, 0.1) is 0 Å². The molecular formula is C91H93ClN8O11S4. The zero-order valence-electron chi connectivity index (χ0n) is 66.3. The van der Waals surface area contributed by atoms with Gasteiger partial charge in [0.25, 0.3) is 23.6 Å². The lowest BCUT2D eigenvalue weighted by Gasteiger charge is -2.19. The molecule has 0 N–H and O–H groups in total. The van der Waals surface area contributed by atoms with Gasteiger partial charge in [-0.1, -0.05) is 66.2 Å². The molecule has 0 radical (unpaired) electrons. The van der Waals surface area contributed by atoms with Crippen molar-refractivity contribution in [1.29, 1.82) is 0 Å². The van der Waals surface area contributed by atoms with Crippen molar-refractivity contribution < 1.29 is 52.3 Å². The van der Waals surface area contributed by atoms with Gasteiger partial charge in [0.2, 0.25) is 0 Å². The number of thioether (sulfide) groups is 4. The van der Waals surface area contributed by atoms with Crippen molar-refractivity contribution in [2.75, 3.05) is 67.4 Å². The van der Waals surface area contributed by atoms with E-state index in [1.54, 1.807) is 47.0 Å². The van der Waals surface area contributed by atoms with Gasteiger partial charge >= 0.3 is 0 Å². The van der Waals surface area contributed by atoms with Gasteiger partial charge in [0.05, 0.1) is 95.1 Å². The van der Waals surface area contributed by atoms with Crippen LogP contribution in [0.3, 0.4) is 0 Å². The summed E-state index contributed by atoms with van der Waals surface area (Å²) in [5, 5.41) is 3.23. The Balaban J connectivity index is 0.000000134. The summed E-state index contributed by atoms with van der Waals surface area (Å²) in [6, 6.07) is 54.5. The van der Waals surface area contributed by atoms with Crippen molar-refractivity contribution >= 4 is 150 Å². The molecule has 4 amide bonds. The van der Waals surface area contributed by atoms with Crippen LogP contribution in [0.2, 0.25) is 5.02 Å².